The zero-order chi connectivity index (χ0) is 14.4. The predicted octanol–water partition coefficient (Wildman–Crippen LogP) is 0.421. The highest BCUT2D eigenvalue weighted by atomic mass is 16.2. The molecule has 20 heavy (non-hydrogen) atoms. The first-order valence-electron chi connectivity index (χ1n) is 6.00. The van der Waals surface area contributed by atoms with Gasteiger partial charge in [0.25, 0.3) is 5.91 Å². The number of aromatic amines is 1. The molecular formula is C14H14N4O2. The summed E-state index contributed by atoms with van der Waals surface area (Å²) < 4.78 is 0. The maximum Gasteiger partial charge on any atom is 0.273 e. The van der Waals surface area contributed by atoms with Gasteiger partial charge in [0.2, 0.25) is 0 Å². The average Bonchev–Trinajstić information content (AvgIpc) is 2.97. The summed E-state index contributed by atoms with van der Waals surface area (Å²) in [7, 11) is 1.69. The van der Waals surface area contributed by atoms with Gasteiger partial charge in [-0.3, -0.25) is 9.89 Å². The minimum absolute atomic E-state index is 0.228. The van der Waals surface area contributed by atoms with Crippen molar-refractivity contribution in [3.8, 4) is 11.8 Å². The van der Waals surface area contributed by atoms with Crippen LogP contribution in [0.5, 0.6) is 0 Å². The van der Waals surface area contributed by atoms with Crippen molar-refractivity contribution in [2.75, 3.05) is 13.7 Å². The topological polar surface area (TPSA) is 82.1 Å². The second-order valence-electron chi connectivity index (χ2n) is 4.13. The van der Waals surface area contributed by atoms with Gasteiger partial charge in [-0.2, -0.15) is 5.10 Å². The van der Waals surface area contributed by atoms with E-state index in [4.69, 9.17) is 5.11 Å². The van der Waals surface area contributed by atoms with Crippen molar-refractivity contribution < 1.29 is 9.90 Å². The zero-order valence-electron chi connectivity index (χ0n) is 11.0. The standard InChI is InChI=1S/C14H14N4O2/c1-18(10-11-8-16-17-9-11)14(20)13-12(5-3-7-19)4-2-6-15-13/h2,4,6,8-9,19H,7,10H2,1H3,(H,16,17). The number of aliphatic hydroxyl groups excluding tert-OH is 1. The molecule has 2 aromatic heterocycles. The number of nitrogens with zero attached hydrogens (tertiary/aromatic N) is 3. The molecule has 0 atom stereocenters. The van der Waals surface area contributed by atoms with Crippen LogP contribution in [0.1, 0.15) is 21.6 Å². The largest absolute Gasteiger partial charge is 0.384 e. The monoisotopic (exact) mass is 270 g/mol. The van der Waals surface area contributed by atoms with E-state index in [0.717, 1.165) is 5.56 Å². The predicted molar refractivity (Wildman–Crippen MR) is 72.6 cm³/mol. The fourth-order valence-corrected chi connectivity index (χ4v) is 1.70. The molecule has 6 heteroatoms. The average molecular weight is 270 g/mol. The van der Waals surface area contributed by atoms with Gasteiger partial charge >= 0.3 is 0 Å². The molecule has 0 aliphatic carbocycles. The van der Waals surface area contributed by atoms with E-state index in [0.29, 0.717) is 12.1 Å². The number of hydrogen-bond donors (Lipinski definition) is 2. The summed E-state index contributed by atoms with van der Waals surface area (Å²) in [5.74, 6) is 5.03. The number of rotatable bonds is 3. The molecular weight excluding hydrogens is 256 g/mol. The number of aliphatic hydroxyl groups is 1. The lowest BCUT2D eigenvalue weighted by Crippen LogP contribution is -2.27. The van der Waals surface area contributed by atoms with E-state index >= 15 is 0 Å². The summed E-state index contributed by atoms with van der Waals surface area (Å²) in [4.78, 5) is 18.0. The number of pyridine rings is 1. The summed E-state index contributed by atoms with van der Waals surface area (Å²) in [5.41, 5.74) is 1.69. The third-order valence-corrected chi connectivity index (χ3v) is 2.63. The van der Waals surface area contributed by atoms with Gasteiger partial charge < -0.3 is 10.0 Å². The molecule has 0 aliphatic rings. The quantitative estimate of drug-likeness (QED) is 0.792. The molecule has 0 fully saturated rings. The maximum absolute atomic E-state index is 12.4. The minimum atomic E-state index is -0.257. The number of aromatic nitrogens is 3. The Morgan fingerprint density at radius 2 is 2.40 bits per heavy atom. The lowest BCUT2D eigenvalue weighted by molar-refractivity contribution is 0.0779. The van der Waals surface area contributed by atoms with E-state index in [2.05, 4.69) is 27.0 Å². The van der Waals surface area contributed by atoms with Crippen LogP contribution < -0.4 is 0 Å². The van der Waals surface area contributed by atoms with E-state index in [-0.39, 0.29) is 18.2 Å². The highest BCUT2D eigenvalue weighted by molar-refractivity contribution is 5.94. The number of amides is 1. The third-order valence-electron chi connectivity index (χ3n) is 2.63. The van der Waals surface area contributed by atoms with Gasteiger partial charge in [0.05, 0.1) is 11.8 Å². The maximum atomic E-state index is 12.4. The Morgan fingerprint density at radius 3 is 3.10 bits per heavy atom. The van der Waals surface area contributed by atoms with Gasteiger partial charge in [-0.05, 0) is 12.1 Å². The molecule has 2 rings (SSSR count). The van der Waals surface area contributed by atoms with Gasteiger partial charge in [0.15, 0.2) is 0 Å². The first-order valence-corrected chi connectivity index (χ1v) is 6.00. The molecule has 0 saturated carbocycles. The summed E-state index contributed by atoms with van der Waals surface area (Å²) >= 11 is 0. The lowest BCUT2D eigenvalue weighted by Gasteiger charge is -2.16. The van der Waals surface area contributed by atoms with Gasteiger partial charge in [0, 0.05) is 31.5 Å². The third kappa shape index (κ3) is 3.22. The van der Waals surface area contributed by atoms with Crippen LogP contribution in [0.4, 0.5) is 0 Å². The molecule has 0 aliphatic heterocycles. The van der Waals surface area contributed by atoms with Crippen LogP contribution in [0.15, 0.2) is 30.7 Å². The second-order valence-corrected chi connectivity index (χ2v) is 4.13. The molecule has 2 N–H and O–H groups in total. The molecule has 6 nitrogen and oxygen atoms in total. The van der Waals surface area contributed by atoms with Gasteiger partial charge in [-0.1, -0.05) is 11.8 Å². The number of H-pyrrole nitrogens is 1. The Balaban J connectivity index is 2.20. The first-order chi connectivity index (χ1) is 9.72. The normalized spacial score (nSPS) is 9.70. The van der Waals surface area contributed by atoms with Crippen molar-refractivity contribution in [2.24, 2.45) is 0 Å². The molecule has 2 aromatic rings. The molecule has 0 aromatic carbocycles. The Labute approximate surface area is 116 Å². The summed E-state index contributed by atoms with van der Waals surface area (Å²) in [6.07, 6.45) is 4.94. The molecule has 1 amide bonds. The first kappa shape index (κ1) is 13.8. The van der Waals surface area contributed by atoms with Crippen LogP contribution in [0.3, 0.4) is 0 Å². The molecule has 0 spiro atoms. The van der Waals surface area contributed by atoms with E-state index in [1.54, 1.807) is 37.8 Å². The van der Waals surface area contributed by atoms with Crippen molar-refractivity contribution in [2.45, 2.75) is 6.54 Å². The molecule has 0 saturated heterocycles. The summed E-state index contributed by atoms with van der Waals surface area (Å²) in [6.45, 7) is 0.173. The van der Waals surface area contributed by atoms with Crippen molar-refractivity contribution in [1.29, 1.82) is 0 Å². The molecule has 102 valence electrons. The second kappa shape index (κ2) is 6.50. The van der Waals surface area contributed by atoms with Crippen LogP contribution in [0.2, 0.25) is 0 Å². The lowest BCUT2D eigenvalue weighted by atomic mass is 10.1. The number of carbonyl (C=O) groups excluding carboxylic acids is 1. The van der Waals surface area contributed by atoms with E-state index in [1.165, 1.54) is 4.90 Å². The van der Waals surface area contributed by atoms with Crippen molar-refractivity contribution in [3.63, 3.8) is 0 Å². The van der Waals surface area contributed by atoms with Crippen LogP contribution >= 0.6 is 0 Å². The van der Waals surface area contributed by atoms with E-state index in [1.807, 2.05) is 0 Å². The fraction of sp³-hybridized carbons (Fsp3) is 0.214. The van der Waals surface area contributed by atoms with Crippen molar-refractivity contribution >= 4 is 5.91 Å². The highest BCUT2D eigenvalue weighted by Gasteiger charge is 2.16. The number of carbonyl (C=O) groups is 1. The van der Waals surface area contributed by atoms with Gasteiger partial charge in [-0.25, -0.2) is 4.98 Å². The molecule has 2 heterocycles. The molecule has 0 unspecified atom stereocenters. The Hall–Kier alpha value is -2.65. The highest BCUT2D eigenvalue weighted by Crippen LogP contribution is 2.09. The summed E-state index contributed by atoms with van der Waals surface area (Å²) in [6, 6.07) is 3.41. The zero-order valence-corrected chi connectivity index (χ0v) is 11.0. The van der Waals surface area contributed by atoms with Gasteiger partial charge in [0.1, 0.15) is 12.3 Å². The van der Waals surface area contributed by atoms with Crippen LogP contribution in [-0.2, 0) is 6.54 Å². The van der Waals surface area contributed by atoms with E-state index in [9.17, 15) is 4.79 Å². The molecule has 0 bridgehead atoms. The van der Waals surface area contributed by atoms with Crippen LogP contribution in [0, 0.1) is 11.8 Å². The summed E-state index contributed by atoms with van der Waals surface area (Å²) in [5, 5.41) is 15.3. The van der Waals surface area contributed by atoms with E-state index < -0.39 is 0 Å². The smallest absolute Gasteiger partial charge is 0.273 e. The molecule has 0 radical (unpaired) electrons. The van der Waals surface area contributed by atoms with Crippen molar-refractivity contribution in [1.82, 2.24) is 20.1 Å². The number of nitrogens with one attached hydrogen (secondary N) is 1. The SMILES string of the molecule is CN(Cc1cn[nH]c1)C(=O)c1ncccc1C#CCO. The van der Waals surface area contributed by atoms with Crippen LogP contribution in [0.25, 0.3) is 0 Å². The van der Waals surface area contributed by atoms with Gasteiger partial charge in [-0.15, -0.1) is 0 Å². The Morgan fingerprint density at radius 1 is 1.55 bits per heavy atom. The van der Waals surface area contributed by atoms with Crippen LogP contribution in [-0.4, -0.2) is 44.7 Å². The minimum Gasteiger partial charge on any atom is -0.384 e. The Kier molecular flexibility index (Phi) is 4.47. The number of hydrogen-bond acceptors (Lipinski definition) is 4. The Bertz CT molecular complexity index is 641. The van der Waals surface area contributed by atoms with Crippen molar-refractivity contribution in [3.05, 3.63) is 47.5 Å². The fourth-order valence-electron chi connectivity index (χ4n) is 1.70.